The van der Waals surface area contributed by atoms with E-state index in [1.54, 1.807) is 22.8 Å². The fourth-order valence-electron chi connectivity index (χ4n) is 4.47. The van der Waals surface area contributed by atoms with Crippen LogP contribution in [0.1, 0.15) is 54.2 Å². The fourth-order valence-corrected chi connectivity index (χ4v) is 4.47. The molecule has 4 rings (SSSR count). The number of aromatic carboxylic acids is 1. The molecule has 0 saturated heterocycles. The number of aromatic nitrogens is 1. The Hall–Kier alpha value is -2.66. The van der Waals surface area contributed by atoms with Crippen LogP contribution >= 0.6 is 0 Å². The molecule has 0 bridgehead atoms. The third-order valence-corrected chi connectivity index (χ3v) is 6.15. The molecule has 1 aliphatic rings. The van der Waals surface area contributed by atoms with Gasteiger partial charge in [0.15, 0.2) is 0 Å². The smallest absolute Gasteiger partial charge is 0.352 e. The number of para-hydroxylation sites is 1. The van der Waals surface area contributed by atoms with E-state index in [0.29, 0.717) is 18.2 Å². The first-order valence-corrected chi connectivity index (χ1v) is 10.3. The Bertz CT molecular complexity index is 1020. The van der Waals surface area contributed by atoms with Gasteiger partial charge in [-0.1, -0.05) is 43.3 Å². The van der Waals surface area contributed by atoms with Gasteiger partial charge in [-0.15, -0.1) is 0 Å². The topological polar surface area (TPSA) is 54.3 Å². The first-order valence-electron chi connectivity index (χ1n) is 10.3. The van der Waals surface area contributed by atoms with Crippen molar-refractivity contribution in [3.8, 4) is 0 Å². The lowest BCUT2D eigenvalue weighted by Gasteiger charge is -2.27. The predicted molar refractivity (Wildman–Crippen MR) is 113 cm³/mol. The van der Waals surface area contributed by atoms with E-state index >= 15 is 0 Å². The summed E-state index contributed by atoms with van der Waals surface area (Å²) in [5.74, 6) is -0.533. The molecule has 0 radical (unpaired) electrons. The molecule has 0 unspecified atom stereocenters. The van der Waals surface area contributed by atoms with Crippen LogP contribution in [0.3, 0.4) is 0 Å². The average molecular weight is 394 g/mol. The number of nitrogens with one attached hydrogen (secondary N) is 1. The minimum atomic E-state index is -0.980. The predicted octanol–water partition coefficient (Wildman–Crippen LogP) is 5.20. The molecule has 0 amide bonds. The van der Waals surface area contributed by atoms with Crippen LogP contribution in [0.4, 0.5) is 4.39 Å². The minimum Gasteiger partial charge on any atom is -0.477 e. The number of carbonyl (C=O) groups is 1. The highest BCUT2D eigenvalue weighted by atomic mass is 19.1. The van der Waals surface area contributed by atoms with Gasteiger partial charge in [-0.25, -0.2) is 9.18 Å². The number of benzene rings is 2. The van der Waals surface area contributed by atoms with Crippen LogP contribution in [0.2, 0.25) is 0 Å². The number of rotatable bonds is 6. The quantitative estimate of drug-likeness (QED) is 0.605. The van der Waals surface area contributed by atoms with Gasteiger partial charge in [0.25, 0.3) is 0 Å². The van der Waals surface area contributed by atoms with Crippen LogP contribution in [0.25, 0.3) is 10.9 Å². The number of halogens is 1. The summed E-state index contributed by atoms with van der Waals surface area (Å²) in [7, 11) is 0. The maximum absolute atomic E-state index is 14.3. The van der Waals surface area contributed by atoms with E-state index in [0.717, 1.165) is 35.2 Å². The van der Waals surface area contributed by atoms with Crippen molar-refractivity contribution in [2.45, 2.75) is 51.7 Å². The van der Waals surface area contributed by atoms with E-state index in [4.69, 9.17) is 0 Å². The lowest BCUT2D eigenvalue weighted by molar-refractivity contribution is 0.0684. The molecule has 0 spiro atoms. The molecule has 1 aliphatic carbocycles. The van der Waals surface area contributed by atoms with Crippen LogP contribution in [-0.2, 0) is 13.1 Å². The number of hydrogen-bond acceptors (Lipinski definition) is 2. The van der Waals surface area contributed by atoms with Gasteiger partial charge in [0.2, 0.25) is 0 Å². The van der Waals surface area contributed by atoms with Crippen molar-refractivity contribution in [3.05, 3.63) is 71.2 Å². The third-order valence-electron chi connectivity index (χ3n) is 6.15. The van der Waals surface area contributed by atoms with Gasteiger partial charge in [0.05, 0.1) is 6.54 Å². The summed E-state index contributed by atoms with van der Waals surface area (Å²) in [5, 5.41) is 14.5. The Morgan fingerprint density at radius 1 is 1.10 bits per heavy atom. The molecular weight excluding hydrogens is 367 g/mol. The van der Waals surface area contributed by atoms with Crippen LogP contribution in [0.15, 0.2) is 48.5 Å². The molecule has 152 valence electrons. The molecule has 2 N–H and O–H groups in total. The van der Waals surface area contributed by atoms with Crippen LogP contribution in [0, 0.1) is 11.7 Å². The molecule has 1 fully saturated rings. The van der Waals surface area contributed by atoms with E-state index in [9.17, 15) is 14.3 Å². The third kappa shape index (κ3) is 4.06. The molecule has 2 aromatic carbocycles. The summed E-state index contributed by atoms with van der Waals surface area (Å²) in [6.07, 6.45) is 4.66. The fraction of sp³-hybridized carbons (Fsp3) is 0.375. The van der Waals surface area contributed by atoms with Crippen molar-refractivity contribution >= 4 is 16.9 Å². The molecule has 1 saturated carbocycles. The Morgan fingerprint density at radius 2 is 1.79 bits per heavy atom. The molecule has 4 nitrogen and oxygen atoms in total. The van der Waals surface area contributed by atoms with Crippen LogP contribution < -0.4 is 5.32 Å². The molecule has 1 aromatic heterocycles. The lowest BCUT2D eigenvalue weighted by Crippen LogP contribution is -2.32. The van der Waals surface area contributed by atoms with Crippen molar-refractivity contribution in [3.63, 3.8) is 0 Å². The number of carboxylic acids is 1. The maximum atomic E-state index is 14.3. The number of nitrogens with zero attached hydrogens (tertiary/aromatic N) is 1. The van der Waals surface area contributed by atoms with Crippen LogP contribution in [0.5, 0.6) is 0 Å². The van der Waals surface area contributed by atoms with Crippen molar-refractivity contribution < 1.29 is 14.3 Å². The number of carboxylic acid groups (broad SMARTS) is 1. The summed E-state index contributed by atoms with van der Waals surface area (Å²) in [6, 6.07) is 14.6. The number of hydrogen-bond donors (Lipinski definition) is 2. The zero-order chi connectivity index (χ0) is 20.4. The highest BCUT2D eigenvalue weighted by molar-refractivity contribution is 5.98. The van der Waals surface area contributed by atoms with Crippen LogP contribution in [-0.4, -0.2) is 21.7 Å². The standard InChI is InChI=1S/C24H27FN2O2/c1-16-10-12-18(13-11-16)26-14-20-19-7-3-5-9-22(19)27(23(20)24(28)29)15-17-6-2-4-8-21(17)25/h2-9,16,18,26H,10-15H2,1H3,(H,28,29). The van der Waals surface area contributed by atoms with Gasteiger partial charge in [-0.2, -0.15) is 0 Å². The first kappa shape index (κ1) is 19.6. The molecule has 29 heavy (non-hydrogen) atoms. The van der Waals surface area contributed by atoms with Crippen molar-refractivity contribution in [1.29, 1.82) is 0 Å². The molecule has 1 heterocycles. The normalized spacial score (nSPS) is 19.5. The minimum absolute atomic E-state index is 0.190. The van der Waals surface area contributed by atoms with Crippen molar-refractivity contribution in [1.82, 2.24) is 9.88 Å². The van der Waals surface area contributed by atoms with Gasteiger partial charge in [-0.05, 0) is 43.7 Å². The Labute approximate surface area is 170 Å². The Balaban J connectivity index is 1.71. The highest BCUT2D eigenvalue weighted by Gasteiger charge is 2.24. The van der Waals surface area contributed by atoms with Gasteiger partial charge < -0.3 is 15.0 Å². The van der Waals surface area contributed by atoms with E-state index in [1.807, 2.05) is 24.3 Å². The van der Waals surface area contributed by atoms with Crippen molar-refractivity contribution in [2.75, 3.05) is 0 Å². The average Bonchev–Trinajstić information content (AvgIpc) is 3.03. The van der Waals surface area contributed by atoms with Gasteiger partial charge in [0.1, 0.15) is 11.5 Å². The summed E-state index contributed by atoms with van der Waals surface area (Å²) in [5.41, 5.74) is 2.33. The monoisotopic (exact) mass is 394 g/mol. The SMILES string of the molecule is CC1CCC(NCc2c(C(=O)O)n(Cc3ccccc3F)c3ccccc23)CC1. The first-order chi connectivity index (χ1) is 14.0. The van der Waals surface area contributed by atoms with Crippen molar-refractivity contribution in [2.24, 2.45) is 5.92 Å². The maximum Gasteiger partial charge on any atom is 0.352 e. The molecule has 3 aromatic rings. The largest absolute Gasteiger partial charge is 0.477 e. The second kappa shape index (κ2) is 8.37. The Kier molecular flexibility index (Phi) is 5.67. The van der Waals surface area contributed by atoms with Gasteiger partial charge in [0, 0.05) is 34.6 Å². The summed E-state index contributed by atoms with van der Waals surface area (Å²) < 4.78 is 16.0. The van der Waals surface area contributed by atoms with E-state index in [1.165, 1.54) is 18.9 Å². The van der Waals surface area contributed by atoms with Gasteiger partial charge >= 0.3 is 5.97 Å². The lowest BCUT2D eigenvalue weighted by atomic mass is 9.87. The zero-order valence-electron chi connectivity index (χ0n) is 16.7. The molecular formula is C24H27FN2O2. The number of fused-ring (bicyclic) bond motifs is 1. The van der Waals surface area contributed by atoms with E-state index < -0.39 is 5.97 Å². The zero-order valence-corrected chi connectivity index (χ0v) is 16.7. The second-order valence-corrected chi connectivity index (χ2v) is 8.16. The van der Waals surface area contributed by atoms with E-state index in [2.05, 4.69) is 12.2 Å². The highest BCUT2D eigenvalue weighted by Crippen LogP contribution is 2.29. The molecule has 0 atom stereocenters. The Morgan fingerprint density at radius 3 is 2.52 bits per heavy atom. The summed E-state index contributed by atoms with van der Waals surface area (Å²) >= 11 is 0. The molecule has 0 aliphatic heterocycles. The molecule has 5 heteroatoms. The summed E-state index contributed by atoms with van der Waals surface area (Å²) in [4.78, 5) is 12.2. The van der Waals surface area contributed by atoms with Gasteiger partial charge in [-0.3, -0.25) is 0 Å². The second-order valence-electron chi connectivity index (χ2n) is 8.16. The summed E-state index contributed by atoms with van der Waals surface area (Å²) in [6.45, 7) is 2.98. The van der Waals surface area contributed by atoms with E-state index in [-0.39, 0.29) is 18.1 Å².